The Hall–Kier alpha value is 1.43. The molecule has 0 nitrogen and oxygen atoms in total. The Morgan fingerprint density at radius 2 is 0.600 bits per heavy atom. The topological polar surface area (TPSA) is 0 Å². The summed E-state index contributed by atoms with van der Waals surface area (Å²) in [5.41, 5.74) is 0. The van der Waals surface area contributed by atoms with E-state index >= 15 is 0 Å². The van der Waals surface area contributed by atoms with Crippen molar-refractivity contribution in [2.75, 3.05) is 0 Å². The van der Waals surface area contributed by atoms with Gasteiger partial charge >= 0.3 is 49.3 Å². The number of hydrogen-bond donors (Lipinski definition) is 0. The van der Waals surface area contributed by atoms with Crippen LogP contribution in [0.1, 0.15) is 0 Å². The van der Waals surface area contributed by atoms with Crippen LogP contribution in [0.25, 0.3) is 0 Å². The molecule has 24 valence electrons. The molecule has 0 aromatic heterocycles. The summed E-state index contributed by atoms with van der Waals surface area (Å²) in [6.07, 6.45) is 0. The van der Waals surface area contributed by atoms with Gasteiger partial charge in [0, 0.05) is 0 Å². The maximum absolute atomic E-state index is 0. The molecule has 0 aromatic rings. The van der Waals surface area contributed by atoms with Crippen LogP contribution in [-0.4, -0.2) is 19.8 Å². The first kappa shape index (κ1) is 93.0. The zero-order valence-corrected chi connectivity index (χ0v) is 7.13. The van der Waals surface area contributed by atoms with Crippen molar-refractivity contribution in [2.45, 2.75) is 0 Å². The van der Waals surface area contributed by atoms with Crippen molar-refractivity contribution in [3.63, 3.8) is 0 Å². The van der Waals surface area contributed by atoms with Crippen LogP contribution in [0.2, 0.25) is 0 Å². The Morgan fingerprint density at radius 3 is 0.600 bits per heavy atom. The predicted octanol–water partition coefficient (Wildman–Crippen LogP) is -12.4. The van der Waals surface area contributed by atoms with Gasteiger partial charge in [0.2, 0.25) is 0 Å². The summed E-state index contributed by atoms with van der Waals surface area (Å²) >= 11 is 0. The fourth-order valence-corrected chi connectivity index (χ4v) is 0. The third-order valence-electron chi connectivity index (χ3n) is 0. The van der Waals surface area contributed by atoms with E-state index in [1.165, 1.54) is 0 Å². The summed E-state index contributed by atoms with van der Waals surface area (Å²) in [5, 5.41) is 0. The van der Waals surface area contributed by atoms with Crippen LogP contribution in [0.4, 0.5) is 0 Å². The van der Waals surface area contributed by atoms with Crippen LogP contribution < -0.4 is 43.7 Å². The van der Waals surface area contributed by atoms with Gasteiger partial charge in [0.15, 0.2) is 0 Å². The SMILES string of the molecule is [F-].[F-].[F-].[Ga+3].[Na+]. The first-order chi connectivity index (χ1) is 0. The minimum atomic E-state index is 0. The Balaban J connectivity index is 0. The first-order valence-corrected chi connectivity index (χ1v) is 0. The summed E-state index contributed by atoms with van der Waals surface area (Å²) in [6.45, 7) is 0. The molecule has 0 rings (SSSR count). The summed E-state index contributed by atoms with van der Waals surface area (Å²) in [4.78, 5) is 0. The number of hydrogen-bond acceptors (Lipinski definition) is 0. The second-order valence-electron chi connectivity index (χ2n) is 0. The number of rotatable bonds is 0. The molecule has 0 aliphatic carbocycles. The molecule has 0 fully saturated rings. The van der Waals surface area contributed by atoms with Crippen molar-refractivity contribution in [1.29, 1.82) is 0 Å². The smallest absolute Gasteiger partial charge is 1.00 e. The molecule has 0 aromatic carbocycles. The second kappa shape index (κ2) is 52.3. The predicted molar refractivity (Wildman–Crippen MR) is 5.75 cm³/mol. The Labute approximate surface area is 63.1 Å². The second-order valence-corrected chi connectivity index (χ2v) is 0. The zero-order valence-electron chi connectivity index (χ0n) is 2.71. The first-order valence-electron chi connectivity index (χ1n) is 0. The molecule has 0 spiro atoms. The monoisotopic (exact) mass is 149 g/mol. The molecule has 0 amide bonds. The van der Waals surface area contributed by atoms with Crippen LogP contribution in [0, 0.1) is 0 Å². The summed E-state index contributed by atoms with van der Waals surface area (Å²) in [7, 11) is 0. The van der Waals surface area contributed by atoms with Gasteiger partial charge in [0.05, 0.1) is 0 Å². The third-order valence-corrected chi connectivity index (χ3v) is 0. The van der Waals surface area contributed by atoms with Crippen LogP contribution in [-0.2, 0) is 0 Å². The molecule has 0 atom stereocenters. The maximum Gasteiger partial charge on any atom is 3.00 e. The fraction of sp³-hybridized carbons (Fsp3) is 0. The molecule has 0 unspecified atom stereocenters. The largest absolute Gasteiger partial charge is 3.00 e. The average Bonchev–Trinajstić information content (AvgIpc) is 0. The van der Waals surface area contributed by atoms with Gasteiger partial charge in [-0.2, -0.15) is 0 Å². The van der Waals surface area contributed by atoms with E-state index < -0.39 is 0 Å². The summed E-state index contributed by atoms with van der Waals surface area (Å²) in [5.74, 6) is 0. The van der Waals surface area contributed by atoms with E-state index in [0.29, 0.717) is 0 Å². The quantitative estimate of drug-likeness (QED) is 0.300. The maximum atomic E-state index is 0. The minimum absolute atomic E-state index is 0. The van der Waals surface area contributed by atoms with Crippen LogP contribution in [0.15, 0.2) is 0 Å². The van der Waals surface area contributed by atoms with E-state index in [9.17, 15) is 0 Å². The van der Waals surface area contributed by atoms with Gasteiger partial charge in [-0.25, -0.2) is 0 Å². The van der Waals surface area contributed by atoms with E-state index in [0.717, 1.165) is 0 Å². The number of halogens is 3. The molecule has 0 saturated carbocycles. The van der Waals surface area contributed by atoms with E-state index in [1.54, 1.807) is 0 Å². The Bertz CT molecular complexity index is 6.85. The molecule has 0 bridgehead atoms. The van der Waals surface area contributed by atoms with E-state index in [-0.39, 0.29) is 63.5 Å². The third kappa shape index (κ3) is 31.3. The molecular weight excluding hydrogens is 150 g/mol. The van der Waals surface area contributed by atoms with Gasteiger partial charge < -0.3 is 14.1 Å². The molecule has 5 heavy (non-hydrogen) atoms. The van der Waals surface area contributed by atoms with Gasteiger partial charge in [0.25, 0.3) is 0 Å². The van der Waals surface area contributed by atoms with Gasteiger partial charge in [-0.15, -0.1) is 0 Å². The normalized spacial score (nSPS) is 0. The molecule has 0 saturated heterocycles. The average molecular weight is 150 g/mol. The molecular formula is F3GaNa+. The molecule has 5 heteroatoms. The van der Waals surface area contributed by atoms with Crippen LogP contribution in [0.3, 0.4) is 0 Å². The fourth-order valence-electron chi connectivity index (χ4n) is 0. The standard InChI is InChI=1S/3FH.Ga.Na/h3*1H;;/q;;;+3;+1/p-3. The van der Waals surface area contributed by atoms with Crippen LogP contribution in [0.5, 0.6) is 0 Å². The Morgan fingerprint density at radius 1 is 0.600 bits per heavy atom. The van der Waals surface area contributed by atoms with Crippen molar-refractivity contribution in [3.05, 3.63) is 0 Å². The van der Waals surface area contributed by atoms with Gasteiger partial charge in [-0.3, -0.25) is 0 Å². The van der Waals surface area contributed by atoms with Gasteiger partial charge in [-0.05, 0) is 0 Å². The van der Waals surface area contributed by atoms with Crippen molar-refractivity contribution < 1.29 is 43.7 Å². The van der Waals surface area contributed by atoms with Crippen molar-refractivity contribution in [2.24, 2.45) is 0 Å². The van der Waals surface area contributed by atoms with E-state index in [2.05, 4.69) is 0 Å². The zero-order chi connectivity index (χ0) is 0. The minimum Gasteiger partial charge on any atom is -1.00 e. The molecule has 0 N–H and O–H groups in total. The van der Waals surface area contributed by atoms with Gasteiger partial charge in [-0.1, -0.05) is 0 Å². The van der Waals surface area contributed by atoms with Crippen molar-refractivity contribution in [1.82, 2.24) is 0 Å². The molecule has 0 radical (unpaired) electrons. The molecule has 0 aliphatic rings. The molecule has 0 heterocycles. The molecule has 0 aliphatic heterocycles. The van der Waals surface area contributed by atoms with E-state index in [4.69, 9.17) is 0 Å². The van der Waals surface area contributed by atoms with Crippen molar-refractivity contribution in [3.8, 4) is 0 Å². The summed E-state index contributed by atoms with van der Waals surface area (Å²) in [6, 6.07) is 0. The summed E-state index contributed by atoms with van der Waals surface area (Å²) < 4.78 is 0. The van der Waals surface area contributed by atoms with E-state index in [1.807, 2.05) is 0 Å². The van der Waals surface area contributed by atoms with Crippen molar-refractivity contribution >= 4 is 19.8 Å². The van der Waals surface area contributed by atoms with Crippen LogP contribution >= 0.6 is 0 Å². The Kier molecular flexibility index (Phi) is 972. The van der Waals surface area contributed by atoms with Gasteiger partial charge in [0.1, 0.15) is 0 Å².